The molecule has 0 nitrogen and oxygen atoms in total. The fourth-order valence-corrected chi connectivity index (χ4v) is 2.43. The van der Waals surface area contributed by atoms with E-state index >= 15 is 0 Å². The van der Waals surface area contributed by atoms with Gasteiger partial charge in [0.2, 0.25) is 0 Å². The summed E-state index contributed by atoms with van der Waals surface area (Å²) >= 11 is 3.26. The van der Waals surface area contributed by atoms with Crippen LogP contribution in [0.4, 0.5) is 0 Å². The van der Waals surface area contributed by atoms with Gasteiger partial charge in [-0.25, -0.2) is 0 Å². The normalized spacial score (nSPS) is 10.0. The van der Waals surface area contributed by atoms with E-state index in [1.54, 1.807) is 0 Å². The van der Waals surface area contributed by atoms with Crippen LogP contribution in [0.5, 0.6) is 0 Å². The van der Waals surface area contributed by atoms with E-state index in [2.05, 4.69) is 71.1 Å². The first-order valence-electron chi connectivity index (χ1n) is 4.37. The van der Waals surface area contributed by atoms with Crippen LogP contribution in [0.1, 0.15) is 0 Å². The summed E-state index contributed by atoms with van der Waals surface area (Å²) < 4.78 is 2.76. The van der Waals surface area contributed by atoms with Crippen LogP contribution in [-0.2, 0) is 0 Å². The van der Waals surface area contributed by atoms with Gasteiger partial charge in [-0.3, -0.25) is 0 Å². The SMILES string of the molecule is Ic1ccc(-c2cc[c]([Tl])cc2)cc1. The molecule has 2 rings (SSSR count). The van der Waals surface area contributed by atoms with Crippen LogP contribution in [0.2, 0.25) is 0 Å². The Morgan fingerprint density at radius 1 is 0.714 bits per heavy atom. The van der Waals surface area contributed by atoms with E-state index in [4.69, 9.17) is 0 Å². The fraction of sp³-hybridized carbons (Fsp3) is 0. The van der Waals surface area contributed by atoms with Gasteiger partial charge in [0.1, 0.15) is 0 Å². The first-order chi connectivity index (χ1) is 6.75. The molecule has 0 N–H and O–H groups in total. The van der Waals surface area contributed by atoms with Crippen molar-refractivity contribution in [3.8, 4) is 11.1 Å². The molecule has 0 saturated carbocycles. The van der Waals surface area contributed by atoms with Crippen molar-refractivity contribution in [2.45, 2.75) is 0 Å². The van der Waals surface area contributed by atoms with E-state index in [1.165, 1.54) is 17.8 Å². The van der Waals surface area contributed by atoms with Crippen molar-refractivity contribution in [2.24, 2.45) is 0 Å². The molecule has 0 atom stereocenters. The van der Waals surface area contributed by atoms with Crippen molar-refractivity contribution >= 4 is 51.5 Å². The van der Waals surface area contributed by atoms with Gasteiger partial charge in [0, 0.05) is 0 Å². The fourth-order valence-electron chi connectivity index (χ4n) is 1.32. The van der Waals surface area contributed by atoms with Crippen molar-refractivity contribution in [2.75, 3.05) is 0 Å². The summed E-state index contributed by atoms with van der Waals surface area (Å²) in [5.74, 6) is 0. The first-order valence-corrected chi connectivity index (χ1v) is 7.69. The van der Waals surface area contributed by atoms with Crippen molar-refractivity contribution < 1.29 is 0 Å². The Hall–Kier alpha value is 0.0921. The second-order valence-electron chi connectivity index (χ2n) is 3.13. The molecular weight excluding hydrogens is 475 g/mol. The monoisotopic (exact) mass is 484 g/mol. The third-order valence-corrected chi connectivity index (χ3v) is 4.30. The van der Waals surface area contributed by atoms with Crippen LogP contribution in [-0.4, -0.2) is 25.8 Å². The Kier molecular flexibility index (Phi) is 3.59. The van der Waals surface area contributed by atoms with Gasteiger partial charge in [-0.1, -0.05) is 0 Å². The summed E-state index contributed by atoms with van der Waals surface area (Å²) in [6.45, 7) is 0. The Morgan fingerprint density at radius 3 is 1.64 bits per heavy atom. The summed E-state index contributed by atoms with van der Waals surface area (Å²) in [4.78, 5) is 0. The Labute approximate surface area is 114 Å². The third-order valence-electron chi connectivity index (χ3n) is 2.09. The number of hydrogen-bond acceptors (Lipinski definition) is 0. The molecular formula is C12H8ITl. The second-order valence-corrected chi connectivity index (χ2v) is 6.97. The van der Waals surface area contributed by atoms with Crippen molar-refractivity contribution in [3.63, 3.8) is 0 Å². The van der Waals surface area contributed by atoms with E-state index in [1.807, 2.05) is 0 Å². The zero-order valence-electron chi connectivity index (χ0n) is 7.57. The van der Waals surface area contributed by atoms with E-state index in [0.29, 0.717) is 0 Å². The third kappa shape index (κ3) is 2.56. The minimum atomic E-state index is 0.936. The van der Waals surface area contributed by atoms with Crippen LogP contribution in [0.25, 0.3) is 11.1 Å². The van der Waals surface area contributed by atoms with Crippen LogP contribution >= 0.6 is 22.6 Å². The van der Waals surface area contributed by atoms with Crippen LogP contribution in [0, 0.1) is 3.57 Å². The van der Waals surface area contributed by atoms with Gasteiger partial charge in [0.15, 0.2) is 0 Å². The molecule has 0 radical (unpaired) electrons. The van der Waals surface area contributed by atoms with E-state index in [9.17, 15) is 0 Å². The summed E-state index contributed by atoms with van der Waals surface area (Å²) in [7, 11) is 0. The summed E-state index contributed by atoms with van der Waals surface area (Å²) in [5, 5.41) is 0. The van der Waals surface area contributed by atoms with Crippen LogP contribution in [0.15, 0.2) is 48.5 Å². The molecule has 0 fully saturated rings. The molecule has 14 heavy (non-hydrogen) atoms. The molecule has 66 valence electrons. The first kappa shape index (κ1) is 10.6. The summed E-state index contributed by atoms with van der Waals surface area (Å²) in [6, 6.07) is 17.5. The average Bonchev–Trinajstić information content (AvgIpc) is 2.21. The molecule has 2 heteroatoms. The van der Waals surface area contributed by atoms with Gasteiger partial charge in [0.05, 0.1) is 0 Å². The Balaban J connectivity index is 2.40. The Morgan fingerprint density at radius 2 is 1.14 bits per heavy atom. The maximum absolute atomic E-state index is 2.33. The number of halogens is 1. The average molecular weight is 483 g/mol. The standard InChI is InChI=1S/C12H8I.Tl/c13-12-8-6-11(7-9-12)10-4-2-1-3-5-10;/h2-9H;. The molecule has 0 unspecified atom stereocenters. The molecule has 2 aromatic carbocycles. The molecule has 0 aliphatic rings. The second kappa shape index (κ2) is 4.74. The van der Waals surface area contributed by atoms with Crippen LogP contribution in [0.3, 0.4) is 0 Å². The topological polar surface area (TPSA) is 0 Å². The van der Waals surface area contributed by atoms with E-state index in [0.717, 1.165) is 25.8 Å². The Bertz CT molecular complexity index is 374. The minimum absolute atomic E-state index is 0.936. The zero-order chi connectivity index (χ0) is 9.97. The van der Waals surface area contributed by atoms with Crippen LogP contribution < -0.4 is 3.12 Å². The summed E-state index contributed by atoms with van der Waals surface area (Å²) in [5.41, 5.74) is 2.61. The van der Waals surface area contributed by atoms with Crippen molar-refractivity contribution in [1.29, 1.82) is 0 Å². The molecule has 0 aliphatic heterocycles. The van der Waals surface area contributed by atoms with Crippen molar-refractivity contribution in [3.05, 3.63) is 52.1 Å². The number of rotatable bonds is 1. The van der Waals surface area contributed by atoms with Gasteiger partial charge >= 0.3 is 115 Å². The molecule has 0 aliphatic carbocycles. The number of benzene rings is 2. The maximum atomic E-state index is 2.33. The quantitative estimate of drug-likeness (QED) is 0.433. The molecule has 0 heterocycles. The van der Waals surface area contributed by atoms with Gasteiger partial charge in [-0.2, -0.15) is 0 Å². The van der Waals surface area contributed by atoms with E-state index in [-0.39, 0.29) is 0 Å². The predicted octanol–water partition coefficient (Wildman–Crippen LogP) is 2.75. The summed E-state index contributed by atoms with van der Waals surface area (Å²) in [6.07, 6.45) is 0. The van der Waals surface area contributed by atoms with E-state index < -0.39 is 0 Å². The molecule has 2 aromatic rings. The van der Waals surface area contributed by atoms with Crippen molar-refractivity contribution in [1.82, 2.24) is 0 Å². The molecule has 0 spiro atoms. The molecule has 0 aromatic heterocycles. The van der Waals surface area contributed by atoms with Gasteiger partial charge < -0.3 is 0 Å². The number of hydrogen-bond donors (Lipinski definition) is 0. The predicted molar refractivity (Wildman–Crippen MR) is 70.0 cm³/mol. The van der Waals surface area contributed by atoms with Gasteiger partial charge in [-0.15, -0.1) is 0 Å². The van der Waals surface area contributed by atoms with Gasteiger partial charge in [0.25, 0.3) is 0 Å². The molecule has 0 amide bonds. The molecule has 0 saturated heterocycles. The molecule has 0 bridgehead atoms. The van der Waals surface area contributed by atoms with Gasteiger partial charge in [-0.05, 0) is 0 Å². The zero-order valence-corrected chi connectivity index (χ0v) is 14.2.